The van der Waals surface area contributed by atoms with Gasteiger partial charge in [0.05, 0.1) is 0 Å². The zero-order valence-electron chi connectivity index (χ0n) is 37.3. The third-order valence-corrected chi connectivity index (χ3v) is 14.2. The van der Waals surface area contributed by atoms with Crippen LogP contribution in [0.3, 0.4) is 0 Å². The van der Waals surface area contributed by atoms with E-state index in [2.05, 4.69) is 239 Å². The number of fused-ring (bicyclic) bond motifs is 3. The van der Waals surface area contributed by atoms with Gasteiger partial charge in [0.15, 0.2) is 0 Å². The molecule has 0 aromatic heterocycles. The Bertz CT molecular complexity index is 3150. The van der Waals surface area contributed by atoms with E-state index in [9.17, 15) is 0 Å². The molecule has 0 unspecified atom stereocenters. The van der Waals surface area contributed by atoms with Gasteiger partial charge in [0, 0.05) is 22.5 Å². The summed E-state index contributed by atoms with van der Waals surface area (Å²) in [5.41, 5.74) is 25.4. The fraction of sp³-hybridized carbons (Fsp3) is 0.143. The summed E-state index contributed by atoms with van der Waals surface area (Å²) in [5.74, 6) is 0.671. The van der Waals surface area contributed by atoms with Crippen LogP contribution in [0.25, 0.3) is 66.8 Å². The Morgan fingerprint density at radius 3 is 1.67 bits per heavy atom. The van der Waals surface area contributed by atoms with Gasteiger partial charge in [-0.25, -0.2) is 0 Å². The van der Waals surface area contributed by atoms with Crippen molar-refractivity contribution in [2.75, 3.05) is 4.90 Å². The first-order valence-electron chi connectivity index (χ1n) is 23.0. The second-order valence-electron chi connectivity index (χ2n) is 18.5. The third-order valence-electron chi connectivity index (χ3n) is 14.2. The highest BCUT2D eigenvalue weighted by Gasteiger charge is 2.38. The van der Waals surface area contributed by atoms with E-state index in [0.29, 0.717) is 5.92 Å². The van der Waals surface area contributed by atoms with E-state index in [1.54, 1.807) is 0 Å². The first-order valence-corrected chi connectivity index (χ1v) is 23.0. The van der Waals surface area contributed by atoms with Crippen LogP contribution in [0.5, 0.6) is 0 Å². The Kier molecular flexibility index (Phi) is 10.0. The lowest BCUT2D eigenvalue weighted by molar-refractivity contribution is 0.420. The quantitative estimate of drug-likeness (QED) is 0.140. The molecular formula is C63H53N. The van der Waals surface area contributed by atoms with E-state index in [1.807, 2.05) is 0 Å². The highest BCUT2D eigenvalue weighted by atomic mass is 15.1. The lowest BCUT2D eigenvalue weighted by Gasteiger charge is -2.28. The molecule has 310 valence electrons. The number of aryl methyl sites for hydroxylation is 1. The van der Waals surface area contributed by atoms with Gasteiger partial charge in [0.1, 0.15) is 0 Å². The molecule has 0 spiro atoms. The molecule has 0 bridgehead atoms. The average molecular weight is 824 g/mol. The van der Waals surface area contributed by atoms with Crippen molar-refractivity contribution in [3.63, 3.8) is 0 Å². The number of nitrogens with zero attached hydrogens (tertiary/aromatic N) is 1. The first kappa shape index (κ1) is 39.6. The van der Waals surface area contributed by atoms with Crippen molar-refractivity contribution < 1.29 is 0 Å². The molecule has 0 aliphatic heterocycles. The van der Waals surface area contributed by atoms with Crippen molar-refractivity contribution in [1.29, 1.82) is 0 Å². The fourth-order valence-electron chi connectivity index (χ4n) is 10.6. The van der Waals surface area contributed by atoms with Gasteiger partial charge in [-0.2, -0.15) is 0 Å². The topological polar surface area (TPSA) is 3.24 Å². The highest BCUT2D eigenvalue weighted by Crippen LogP contribution is 2.54. The molecule has 9 aromatic carbocycles. The van der Waals surface area contributed by atoms with Gasteiger partial charge in [-0.1, -0.05) is 177 Å². The first-order chi connectivity index (χ1) is 31.3. The predicted octanol–water partition coefficient (Wildman–Crippen LogP) is 17.7. The molecule has 9 aromatic rings. The summed E-state index contributed by atoms with van der Waals surface area (Å²) >= 11 is 0. The molecule has 0 saturated heterocycles. The minimum atomic E-state index is -0.156. The van der Waals surface area contributed by atoms with Gasteiger partial charge >= 0.3 is 0 Å². The van der Waals surface area contributed by atoms with Crippen molar-refractivity contribution in [2.45, 2.75) is 58.3 Å². The van der Waals surface area contributed by atoms with Crippen LogP contribution in [-0.4, -0.2) is 0 Å². The maximum Gasteiger partial charge on any atom is 0.0467 e. The molecule has 0 radical (unpaired) electrons. The van der Waals surface area contributed by atoms with Crippen molar-refractivity contribution in [3.05, 3.63) is 234 Å². The van der Waals surface area contributed by atoms with Crippen LogP contribution in [0, 0.1) is 13.8 Å². The van der Waals surface area contributed by atoms with E-state index in [-0.39, 0.29) is 5.41 Å². The molecule has 0 atom stereocenters. The summed E-state index contributed by atoms with van der Waals surface area (Å²) in [5, 5.41) is 0. The fourth-order valence-corrected chi connectivity index (χ4v) is 10.6. The zero-order valence-corrected chi connectivity index (χ0v) is 37.3. The molecule has 0 N–H and O–H groups in total. The summed E-state index contributed by atoms with van der Waals surface area (Å²) in [6, 6.07) is 76.8. The monoisotopic (exact) mass is 823 g/mol. The van der Waals surface area contributed by atoms with Crippen LogP contribution in [0.4, 0.5) is 17.1 Å². The summed E-state index contributed by atoms with van der Waals surface area (Å²) < 4.78 is 0. The van der Waals surface area contributed by atoms with Crippen molar-refractivity contribution >= 4 is 17.1 Å². The second-order valence-corrected chi connectivity index (χ2v) is 18.5. The zero-order chi connectivity index (χ0) is 43.4. The van der Waals surface area contributed by atoms with Gasteiger partial charge < -0.3 is 4.90 Å². The normalized spacial score (nSPS) is 13.8. The van der Waals surface area contributed by atoms with Crippen LogP contribution >= 0.6 is 0 Å². The largest absolute Gasteiger partial charge is 0.310 e. The lowest BCUT2D eigenvalue weighted by atomic mass is 9.76. The Labute approximate surface area is 379 Å². The smallest absolute Gasteiger partial charge is 0.0467 e. The molecule has 1 nitrogen and oxygen atoms in total. The van der Waals surface area contributed by atoms with E-state index >= 15 is 0 Å². The van der Waals surface area contributed by atoms with E-state index in [0.717, 1.165) is 17.1 Å². The maximum absolute atomic E-state index is 2.43. The van der Waals surface area contributed by atoms with Crippen LogP contribution in [0.15, 0.2) is 206 Å². The lowest BCUT2D eigenvalue weighted by Crippen LogP contribution is -2.16. The summed E-state index contributed by atoms with van der Waals surface area (Å²) in [6.07, 6.45) is 3.92. The summed E-state index contributed by atoms with van der Waals surface area (Å²) in [7, 11) is 0. The molecular weight excluding hydrogens is 771 g/mol. The minimum absolute atomic E-state index is 0.156. The maximum atomic E-state index is 2.43. The van der Waals surface area contributed by atoms with Crippen LogP contribution in [0.1, 0.15) is 66.8 Å². The molecule has 1 fully saturated rings. The van der Waals surface area contributed by atoms with Crippen molar-refractivity contribution in [1.82, 2.24) is 0 Å². The van der Waals surface area contributed by atoms with Gasteiger partial charge in [0.2, 0.25) is 0 Å². The van der Waals surface area contributed by atoms with Crippen LogP contribution in [0.2, 0.25) is 0 Å². The molecule has 11 rings (SSSR count). The SMILES string of the molecule is Cc1ccc(N(c2ccc(-c3ccc4c(c3)-c3cc(-c5ccccc5)cc(-c5ccccc5)c3C4(C)C)cc2)c2cccc(-c3cccc(-c4ccccc4C4CCC4)c3C)c2)cc1. The Balaban J connectivity index is 0.973. The molecule has 0 amide bonds. The van der Waals surface area contributed by atoms with Crippen LogP contribution in [-0.2, 0) is 5.41 Å². The number of benzene rings is 9. The van der Waals surface area contributed by atoms with E-state index in [4.69, 9.17) is 0 Å². The average Bonchev–Trinajstić information content (AvgIpc) is 3.55. The van der Waals surface area contributed by atoms with Crippen molar-refractivity contribution in [2.24, 2.45) is 0 Å². The number of hydrogen-bond donors (Lipinski definition) is 0. The minimum Gasteiger partial charge on any atom is -0.310 e. The molecule has 2 aliphatic rings. The second kappa shape index (κ2) is 16.2. The van der Waals surface area contributed by atoms with Gasteiger partial charge in [0.25, 0.3) is 0 Å². The third kappa shape index (κ3) is 6.97. The molecule has 1 heteroatoms. The molecule has 0 heterocycles. The van der Waals surface area contributed by atoms with Gasteiger partial charge in [-0.3, -0.25) is 0 Å². The Morgan fingerprint density at radius 1 is 0.391 bits per heavy atom. The molecule has 2 aliphatic carbocycles. The number of rotatable bonds is 9. The van der Waals surface area contributed by atoms with Gasteiger partial charge in [-0.15, -0.1) is 0 Å². The standard InChI is InChI=1S/C63H53N/c1-42-28-33-51(34-29-42)64(53-23-14-22-49(38-53)54-26-15-27-55(43(54)2)57-25-12-11-24-56(57)46-20-13-21-46)52-35-30-45(31-36-52)48-32-37-61-59(39-48)60-41-50(44-16-7-5-8-17-44)40-58(62(60)63(61,3)4)47-18-9-6-10-19-47/h5-12,14-19,22-41,46H,13,20-21H2,1-4H3. The predicted molar refractivity (Wildman–Crippen MR) is 272 cm³/mol. The summed E-state index contributed by atoms with van der Waals surface area (Å²) in [6.45, 7) is 9.24. The number of hydrogen-bond acceptors (Lipinski definition) is 1. The van der Waals surface area contributed by atoms with Crippen LogP contribution < -0.4 is 4.90 Å². The highest BCUT2D eigenvalue weighted by molar-refractivity contribution is 5.94. The summed E-state index contributed by atoms with van der Waals surface area (Å²) in [4.78, 5) is 2.40. The Morgan fingerprint density at radius 2 is 0.953 bits per heavy atom. The molecule has 1 saturated carbocycles. The van der Waals surface area contributed by atoms with E-state index < -0.39 is 0 Å². The number of anilines is 3. The van der Waals surface area contributed by atoms with Crippen molar-refractivity contribution in [3.8, 4) is 66.8 Å². The van der Waals surface area contributed by atoms with Gasteiger partial charge in [-0.05, 0) is 176 Å². The molecule has 64 heavy (non-hydrogen) atoms. The van der Waals surface area contributed by atoms with E-state index in [1.165, 1.54) is 114 Å². The Hall–Kier alpha value is -7.22.